The van der Waals surface area contributed by atoms with E-state index < -0.39 is 0 Å². The van der Waals surface area contributed by atoms with E-state index in [2.05, 4.69) is 22.9 Å². The molecule has 3 amide bonds. The molecule has 1 fully saturated rings. The zero-order valence-electron chi connectivity index (χ0n) is 14.6. The molecule has 1 saturated heterocycles. The Morgan fingerprint density at radius 2 is 2.04 bits per heavy atom. The van der Waals surface area contributed by atoms with E-state index in [9.17, 15) is 9.59 Å². The van der Waals surface area contributed by atoms with E-state index in [1.165, 1.54) is 0 Å². The van der Waals surface area contributed by atoms with Gasteiger partial charge in [-0.25, -0.2) is 4.79 Å². The zero-order valence-corrected chi connectivity index (χ0v) is 14.6. The molecule has 0 unspecified atom stereocenters. The molecule has 0 atom stereocenters. The summed E-state index contributed by atoms with van der Waals surface area (Å²) in [5.74, 6) is -0.0110. The first-order chi connectivity index (χ1) is 11.6. The largest absolute Gasteiger partial charge is 0.338 e. The molecule has 1 aliphatic rings. The number of amides is 3. The van der Waals surface area contributed by atoms with Gasteiger partial charge < -0.3 is 20.9 Å². The molecule has 0 aliphatic carbocycles. The van der Waals surface area contributed by atoms with Gasteiger partial charge in [-0.3, -0.25) is 4.79 Å². The summed E-state index contributed by atoms with van der Waals surface area (Å²) in [5, 5.41) is 8.74. The molecule has 0 saturated carbocycles. The lowest BCUT2D eigenvalue weighted by Crippen LogP contribution is -2.50. The normalized spacial score (nSPS) is 14.9. The maximum absolute atomic E-state index is 12.5. The number of hydrogen-bond acceptors (Lipinski definition) is 3. The first kappa shape index (κ1) is 18.3. The van der Waals surface area contributed by atoms with Crippen molar-refractivity contribution in [2.24, 2.45) is 0 Å². The van der Waals surface area contributed by atoms with Crippen molar-refractivity contribution in [3.8, 4) is 0 Å². The monoisotopic (exact) mass is 332 g/mol. The maximum Gasteiger partial charge on any atom is 0.319 e. The average molecular weight is 332 g/mol. The van der Waals surface area contributed by atoms with Crippen molar-refractivity contribution in [3.05, 3.63) is 29.8 Å². The van der Waals surface area contributed by atoms with Gasteiger partial charge in [0.25, 0.3) is 0 Å². The van der Waals surface area contributed by atoms with Gasteiger partial charge in [0.15, 0.2) is 0 Å². The predicted molar refractivity (Wildman–Crippen MR) is 96.1 cm³/mol. The van der Waals surface area contributed by atoms with E-state index in [0.717, 1.165) is 50.1 Å². The second-order valence-corrected chi connectivity index (χ2v) is 6.25. The highest BCUT2D eigenvalue weighted by molar-refractivity contribution is 5.92. The second-order valence-electron chi connectivity index (χ2n) is 6.25. The van der Waals surface area contributed by atoms with E-state index in [1.807, 2.05) is 36.1 Å². The summed E-state index contributed by atoms with van der Waals surface area (Å²) < 4.78 is 0. The number of hydrogen-bond donors (Lipinski definition) is 3. The second kappa shape index (κ2) is 9.27. The quantitative estimate of drug-likeness (QED) is 0.747. The first-order valence-corrected chi connectivity index (χ1v) is 8.72. The summed E-state index contributed by atoms with van der Waals surface area (Å²) in [5.41, 5.74) is 1.80. The van der Waals surface area contributed by atoms with Crippen LogP contribution in [0.2, 0.25) is 0 Å². The lowest BCUT2D eigenvalue weighted by molar-refractivity contribution is -0.132. The van der Waals surface area contributed by atoms with Crippen LogP contribution >= 0.6 is 0 Å². The number of carbonyl (C=O) groups is 2. The summed E-state index contributed by atoms with van der Waals surface area (Å²) in [6.45, 7) is 6.69. The van der Waals surface area contributed by atoms with Crippen molar-refractivity contribution in [1.29, 1.82) is 0 Å². The lowest BCUT2D eigenvalue weighted by atomic mass is 10.0. The molecule has 0 aromatic heterocycles. The number of urea groups is 1. The standard InChI is InChI=1S/C18H28N4O2/c1-3-11-22(16-7-9-19-10-8-16)17(23)13-20-18(24)21-15-6-4-5-14(2)12-15/h4-6,12,16,19H,3,7-11,13H2,1-2H3,(H2,20,21,24). The van der Waals surface area contributed by atoms with Crippen molar-refractivity contribution in [3.63, 3.8) is 0 Å². The lowest BCUT2D eigenvalue weighted by Gasteiger charge is -2.34. The van der Waals surface area contributed by atoms with E-state index in [1.54, 1.807) is 0 Å². The molecule has 3 N–H and O–H groups in total. The van der Waals surface area contributed by atoms with Crippen molar-refractivity contribution < 1.29 is 9.59 Å². The predicted octanol–water partition coefficient (Wildman–Crippen LogP) is 2.11. The van der Waals surface area contributed by atoms with Crippen LogP contribution in [0.15, 0.2) is 24.3 Å². The van der Waals surface area contributed by atoms with Crippen LogP contribution in [-0.2, 0) is 4.79 Å². The smallest absolute Gasteiger partial charge is 0.319 e. The number of benzene rings is 1. The third-order valence-corrected chi connectivity index (χ3v) is 4.21. The van der Waals surface area contributed by atoms with E-state index in [4.69, 9.17) is 0 Å². The fraction of sp³-hybridized carbons (Fsp3) is 0.556. The van der Waals surface area contributed by atoms with Crippen molar-refractivity contribution in [2.45, 2.75) is 39.2 Å². The molecule has 0 radical (unpaired) electrons. The minimum absolute atomic E-state index is 0.0110. The summed E-state index contributed by atoms with van der Waals surface area (Å²) in [7, 11) is 0. The summed E-state index contributed by atoms with van der Waals surface area (Å²) in [6.07, 6.45) is 2.87. The fourth-order valence-corrected chi connectivity index (χ4v) is 3.03. The van der Waals surface area contributed by atoms with Gasteiger partial charge in [0.2, 0.25) is 5.91 Å². The van der Waals surface area contributed by atoms with Crippen LogP contribution < -0.4 is 16.0 Å². The number of nitrogens with zero attached hydrogens (tertiary/aromatic N) is 1. The molecule has 6 heteroatoms. The molecular weight excluding hydrogens is 304 g/mol. The van der Waals surface area contributed by atoms with Crippen LogP contribution in [0.4, 0.5) is 10.5 Å². The summed E-state index contributed by atoms with van der Waals surface area (Å²) >= 11 is 0. The Morgan fingerprint density at radius 3 is 2.71 bits per heavy atom. The minimum Gasteiger partial charge on any atom is -0.338 e. The summed E-state index contributed by atoms with van der Waals surface area (Å²) in [4.78, 5) is 26.4. The molecule has 1 aromatic rings. The van der Waals surface area contributed by atoms with Crippen molar-refractivity contribution in [2.75, 3.05) is 31.5 Å². The van der Waals surface area contributed by atoms with Gasteiger partial charge >= 0.3 is 6.03 Å². The Labute approximate surface area is 144 Å². The molecule has 0 spiro atoms. The number of aryl methyl sites for hydroxylation is 1. The Bertz CT molecular complexity index is 556. The third kappa shape index (κ3) is 5.53. The highest BCUT2D eigenvalue weighted by Crippen LogP contribution is 2.13. The maximum atomic E-state index is 12.5. The first-order valence-electron chi connectivity index (χ1n) is 8.72. The van der Waals surface area contributed by atoms with Gasteiger partial charge in [0.05, 0.1) is 6.54 Å². The third-order valence-electron chi connectivity index (χ3n) is 4.21. The average Bonchev–Trinajstić information content (AvgIpc) is 2.58. The highest BCUT2D eigenvalue weighted by Gasteiger charge is 2.24. The van der Waals surface area contributed by atoms with E-state index in [-0.39, 0.29) is 24.5 Å². The van der Waals surface area contributed by atoms with Crippen LogP contribution in [0.1, 0.15) is 31.7 Å². The van der Waals surface area contributed by atoms with Gasteiger partial charge in [0, 0.05) is 18.3 Å². The number of rotatable bonds is 6. The summed E-state index contributed by atoms with van der Waals surface area (Å²) in [6, 6.07) is 7.49. The Kier molecular flexibility index (Phi) is 7.06. The van der Waals surface area contributed by atoms with Gasteiger partial charge in [-0.1, -0.05) is 19.1 Å². The van der Waals surface area contributed by atoms with Gasteiger partial charge in [-0.15, -0.1) is 0 Å². The molecule has 6 nitrogen and oxygen atoms in total. The fourth-order valence-electron chi connectivity index (χ4n) is 3.03. The SMILES string of the molecule is CCCN(C(=O)CNC(=O)Nc1cccc(C)c1)C1CCNCC1. The molecule has 1 aliphatic heterocycles. The molecule has 2 rings (SSSR count). The van der Waals surface area contributed by atoms with Crippen LogP contribution in [0, 0.1) is 6.92 Å². The number of nitrogens with one attached hydrogen (secondary N) is 3. The van der Waals surface area contributed by atoms with Crippen LogP contribution in [0.25, 0.3) is 0 Å². The molecule has 132 valence electrons. The van der Waals surface area contributed by atoms with Gasteiger partial charge in [-0.2, -0.15) is 0 Å². The number of carbonyl (C=O) groups excluding carboxylic acids is 2. The topological polar surface area (TPSA) is 73.5 Å². The van der Waals surface area contributed by atoms with Crippen molar-refractivity contribution >= 4 is 17.6 Å². The zero-order chi connectivity index (χ0) is 17.4. The molecule has 1 aromatic carbocycles. The highest BCUT2D eigenvalue weighted by atomic mass is 16.2. The van der Waals surface area contributed by atoms with Gasteiger partial charge in [-0.05, 0) is 57.0 Å². The van der Waals surface area contributed by atoms with Crippen LogP contribution in [-0.4, -0.2) is 49.1 Å². The van der Waals surface area contributed by atoms with Crippen molar-refractivity contribution in [1.82, 2.24) is 15.5 Å². The van der Waals surface area contributed by atoms with Crippen LogP contribution in [0.3, 0.4) is 0 Å². The molecule has 24 heavy (non-hydrogen) atoms. The van der Waals surface area contributed by atoms with Gasteiger partial charge in [0.1, 0.15) is 0 Å². The Hall–Kier alpha value is -2.08. The van der Waals surface area contributed by atoms with E-state index in [0.29, 0.717) is 0 Å². The molecule has 0 bridgehead atoms. The molecule has 1 heterocycles. The molecular formula is C18H28N4O2. The Morgan fingerprint density at radius 1 is 1.29 bits per heavy atom. The Balaban J connectivity index is 1.84. The van der Waals surface area contributed by atoms with Crippen LogP contribution in [0.5, 0.6) is 0 Å². The van der Waals surface area contributed by atoms with E-state index >= 15 is 0 Å². The minimum atomic E-state index is -0.351. The number of piperidine rings is 1. The number of anilines is 1.